The van der Waals surface area contributed by atoms with Crippen LogP contribution in [-0.4, -0.2) is 61.4 Å². The molecular weight excluding hydrogens is 286 g/mol. The van der Waals surface area contributed by atoms with Gasteiger partial charge in [0.2, 0.25) is 10.0 Å². The standard InChI is InChI=1S/C11H23N3O5S/c1-8(2)14(6-9(15)16)10(17)12-7-11(3,4)13-20(5,18)19/h8,13H,6-7H2,1-5H3,(H,12,17)(H,15,16). The highest BCUT2D eigenvalue weighted by atomic mass is 32.2. The topological polar surface area (TPSA) is 116 Å². The van der Waals surface area contributed by atoms with Crippen molar-refractivity contribution in [1.82, 2.24) is 14.9 Å². The number of sulfonamides is 1. The molecule has 0 radical (unpaired) electrons. The molecule has 0 heterocycles. The summed E-state index contributed by atoms with van der Waals surface area (Å²) in [5, 5.41) is 11.3. The van der Waals surface area contributed by atoms with Crippen LogP contribution in [0.25, 0.3) is 0 Å². The molecule has 0 unspecified atom stereocenters. The Morgan fingerprint density at radius 3 is 2.15 bits per heavy atom. The zero-order valence-electron chi connectivity index (χ0n) is 12.4. The third-order valence-corrected chi connectivity index (χ3v) is 3.26. The van der Waals surface area contributed by atoms with E-state index in [2.05, 4.69) is 10.0 Å². The molecule has 9 heteroatoms. The molecule has 8 nitrogen and oxygen atoms in total. The highest BCUT2D eigenvalue weighted by Gasteiger charge is 2.25. The number of urea groups is 1. The van der Waals surface area contributed by atoms with Crippen LogP contribution in [0.5, 0.6) is 0 Å². The molecular formula is C11H23N3O5S. The average molecular weight is 309 g/mol. The molecule has 0 aromatic heterocycles. The van der Waals surface area contributed by atoms with Crippen LogP contribution in [0.2, 0.25) is 0 Å². The zero-order valence-corrected chi connectivity index (χ0v) is 13.2. The molecule has 118 valence electrons. The molecule has 0 fully saturated rings. The molecule has 0 aliphatic carbocycles. The van der Waals surface area contributed by atoms with Gasteiger partial charge in [-0.25, -0.2) is 17.9 Å². The molecule has 0 bridgehead atoms. The molecule has 20 heavy (non-hydrogen) atoms. The lowest BCUT2D eigenvalue weighted by Crippen LogP contribution is -2.54. The summed E-state index contributed by atoms with van der Waals surface area (Å²) < 4.78 is 24.7. The molecule has 0 saturated carbocycles. The first-order valence-corrected chi connectivity index (χ1v) is 7.98. The number of nitrogens with zero attached hydrogens (tertiary/aromatic N) is 1. The van der Waals surface area contributed by atoms with Crippen molar-refractivity contribution in [2.75, 3.05) is 19.3 Å². The second-order valence-corrected chi connectivity index (χ2v) is 7.28. The molecule has 0 aliphatic rings. The molecule has 0 atom stereocenters. The number of carbonyl (C=O) groups excluding carboxylic acids is 1. The number of nitrogens with one attached hydrogen (secondary N) is 2. The van der Waals surface area contributed by atoms with E-state index in [1.165, 1.54) is 0 Å². The third-order valence-electron chi connectivity index (χ3n) is 2.33. The van der Waals surface area contributed by atoms with E-state index in [0.717, 1.165) is 11.2 Å². The number of amides is 2. The molecule has 0 aliphatic heterocycles. The van der Waals surface area contributed by atoms with Crippen LogP contribution in [0.3, 0.4) is 0 Å². The van der Waals surface area contributed by atoms with E-state index < -0.39 is 34.1 Å². The van der Waals surface area contributed by atoms with E-state index in [-0.39, 0.29) is 12.6 Å². The highest BCUT2D eigenvalue weighted by molar-refractivity contribution is 7.88. The van der Waals surface area contributed by atoms with Gasteiger partial charge < -0.3 is 15.3 Å². The molecule has 3 N–H and O–H groups in total. The number of rotatable bonds is 7. The molecule has 0 aromatic rings. The lowest BCUT2D eigenvalue weighted by molar-refractivity contribution is -0.138. The maximum Gasteiger partial charge on any atom is 0.323 e. The fraction of sp³-hybridized carbons (Fsp3) is 0.818. The van der Waals surface area contributed by atoms with Crippen molar-refractivity contribution < 1.29 is 23.1 Å². The van der Waals surface area contributed by atoms with Crippen molar-refractivity contribution in [3.63, 3.8) is 0 Å². The van der Waals surface area contributed by atoms with Crippen LogP contribution >= 0.6 is 0 Å². The van der Waals surface area contributed by atoms with Crippen LogP contribution < -0.4 is 10.0 Å². The summed E-state index contributed by atoms with van der Waals surface area (Å²) in [5.74, 6) is -1.11. The predicted octanol–water partition coefficient (Wildman–Crippen LogP) is -0.181. The van der Waals surface area contributed by atoms with Crippen molar-refractivity contribution in [2.45, 2.75) is 39.3 Å². The Hall–Kier alpha value is -1.35. The molecule has 0 aromatic carbocycles. The van der Waals surface area contributed by atoms with Gasteiger partial charge in [0.05, 0.1) is 6.26 Å². The van der Waals surface area contributed by atoms with E-state index in [1.54, 1.807) is 27.7 Å². The summed E-state index contributed by atoms with van der Waals surface area (Å²) in [7, 11) is -3.39. The van der Waals surface area contributed by atoms with Crippen molar-refractivity contribution in [1.29, 1.82) is 0 Å². The summed E-state index contributed by atoms with van der Waals surface area (Å²) in [4.78, 5) is 23.8. The average Bonchev–Trinajstić information content (AvgIpc) is 2.18. The second-order valence-electron chi connectivity index (χ2n) is 5.53. The number of hydrogen-bond donors (Lipinski definition) is 3. The van der Waals surface area contributed by atoms with E-state index in [4.69, 9.17) is 5.11 Å². The fourth-order valence-corrected chi connectivity index (χ4v) is 2.65. The molecule has 2 amide bonds. The molecule has 0 spiro atoms. The fourth-order valence-electron chi connectivity index (χ4n) is 1.57. The van der Waals surface area contributed by atoms with Crippen molar-refractivity contribution in [3.05, 3.63) is 0 Å². The van der Waals surface area contributed by atoms with E-state index >= 15 is 0 Å². The Labute approximate surface area is 119 Å². The zero-order chi connectivity index (χ0) is 16.1. The lowest BCUT2D eigenvalue weighted by Gasteiger charge is -2.29. The second kappa shape index (κ2) is 6.89. The van der Waals surface area contributed by atoms with Gasteiger partial charge in [0.25, 0.3) is 0 Å². The number of carboxylic acid groups (broad SMARTS) is 1. The van der Waals surface area contributed by atoms with Crippen LogP contribution in [0.4, 0.5) is 4.79 Å². The van der Waals surface area contributed by atoms with Crippen molar-refractivity contribution >= 4 is 22.0 Å². The summed E-state index contributed by atoms with van der Waals surface area (Å²) in [6.45, 7) is 6.26. The van der Waals surface area contributed by atoms with E-state index in [0.29, 0.717) is 0 Å². The van der Waals surface area contributed by atoms with Gasteiger partial charge in [-0.2, -0.15) is 0 Å². The van der Waals surface area contributed by atoms with E-state index in [9.17, 15) is 18.0 Å². The predicted molar refractivity (Wildman–Crippen MR) is 74.9 cm³/mol. The van der Waals surface area contributed by atoms with Crippen LogP contribution in [0.15, 0.2) is 0 Å². The third kappa shape index (κ3) is 7.95. The highest BCUT2D eigenvalue weighted by Crippen LogP contribution is 2.04. The van der Waals surface area contributed by atoms with Gasteiger partial charge in [0, 0.05) is 18.1 Å². The van der Waals surface area contributed by atoms with Gasteiger partial charge in [-0.3, -0.25) is 4.79 Å². The van der Waals surface area contributed by atoms with E-state index in [1.807, 2.05) is 0 Å². The van der Waals surface area contributed by atoms with Gasteiger partial charge in [0.15, 0.2) is 0 Å². The molecule has 0 saturated heterocycles. The van der Waals surface area contributed by atoms with Crippen LogP contribution in [0, 0.1) is 0 Å². The summed E-state index contributed by atoms with van der Waals surface area (Å²) in [5.41, 5.74) is -0.866. The SMILES string of the molecule is CC(C)N(CC(=O)O)C(=O)NCC(C)(C)NS(C)(=O)=O. The minimum absolute atomic E-state index is 0.0434. The number of carboxylic acids is 1. The summed E-state index contributed by atoms with van der Waals surface area (Å²) in [6.07, 6.45) is 1.03. The molecule has 0 rings (SSSR count). The van der Waals surface area contributed by atoms with Gasteiger partial charge in [-0.15, -0.1) is 0 Å². The summed E-state index contributed by atoms with van der Waals surface area (Å²) >= 11 is 0. The number of aliphatic carboxylic acids is 1. The van der Waals surface area contributed by atoms with Gasteiger partial charge >= 0.3 is 12.0 Å². The van der Waals surface area contributed by atoms with Crippen LogP contribution in [-0.2, 0) is 14.8 Å². The largest absolute Gasteiger partial charge is 0.480 e. The first kappa shape index (κ1) is 18.7. The maximum atomic E-state index is 11.9. The monoisotopic (exact) mass is 309 g/mol. The lowest BCUT2D eigenvalue weighted by atomic mass is 10.1. The van der Waals surface area contributed by atoms with Gasteiger partial charge in [-0.05, 0) is 27.7 Å². The Bertz CT molecular complexity index is 459. The van der Waals surface area contributed by atoms with Gasteiger partial charge in [0.1, 0.15) is 6.54 Å². The quantitative estimate of drug-likeness (QED) is 0.603. The smallest absolute Gasteiger partial charge is 0.323 e. The summed E-state index contributed by atoms with van der Waals surface area (Å²) in [6, 6.07) is -0.831. The number of hydrogen-bond acceptors (Lipinski definition) is 4. The maximum absolute atomic E-state index is 11.9. The minimum Gasteiger partial charge on any atom is -0.480 e. The van der Waals surface area contributed by atoms with Gasteiger partial charge in [-0.1, -0.05) is 0 Å². The normalized spacial score (nSPS) is 12.3. The van der Waals surface area contributed by atoms with Crippen molar-refractivity contribution in [2.24, 2.45) is 0 Å². The Morgan fingerprint density at radius 1 is 1.30 bits per heavy atom. The van der Waals surface area contributed by atoms with Crippen LogP contribution in [0.1, 0.15) is 27.7 Å². The Kier molecular flexibility index (Phi) is 6.42. The minimum atomic E-state index is -3.39. The number of carbonyl (C=O) groups is 2. The first-order chi connectivity index (χ1) is 8.84. The Balaban J connectivity index is 4.63. The van der Waals surface area contributed by atoms with Crippen molar-refractivity contribution in [3.8, 4) is 0 Å². The Morgan fingerprint density at radius 2 is 1.80 bits per heavy atom. The first-order valence-electron chi connectivity index (χ1n) is 6.09.